The van der Waals surface area contributed by atoms with Crippen LogP contribution in [0.1, 0.15) is 61.0 Å². The third-order valence-electron chi connectivity index (χ3n) is 7.70. The Morgan fingerprint density at radius 1 is 0.927 bits per heavy atom. The second-order valence-electron chi connectivity index (χ2n) is 11.5. The van der Waals surface area contributed by atoms with Crippen molar-refractivity contribution in [1.82, 2.24) is 4.72 Å². The second-order valence-corrected chi connectivity index (χ2v) is 13.2. The number of rotatable bonds is 10. The largest absolute Gasteiger partial charge is 0.376 e. The first kappa shape index (κ1) is 29.0. The topological polar surface area (TPSA) is 105 Å². The van der Waals surface area contributed by atoms with Gasteiger partial charge in [-0.1, -0.05) is 29.8 Å². The van der Waals surface area contributed by atoms with Gasteiger partial charge in [0, 0.05) is 29.6 Å². The Morgan fingerprint density at radius 2 is 1.59 bits per heavy atom. The monoisotopic (exact) mass is 575 g/mol. The van der Waals surface area contributed by atoms with Crippen molar-refractivity contribution in [2.75, 3.05) is 16.8 Å². The first-order valence-electron chi connectivity index (χ1n) is 14.1. The van der Waals surface area contributed by atoms with Gasteiger partial charge in [0.25, 0.3) is 5.91 Å². The molecule has 216 valence electrons. The van der Waals surface area contributed by atoms with E-state index in [0.29, 0.717) is 23.4 Å². The molecule has 0 bridgehead atoms. The number of benzene rings is 3. The van der Waals surface area contributed by atoms with Gasteiger partial charge in [0.05, 0.1) is 23.0 Å². The minimum atomic E-state index is -3.53. The lowest BCUT2D eigenvalue weighted by Gasteiger charge is -2.42. The molecular formula is C32H37N3O5S. The highest BCUT2D eigenvalue weighted by Crippen LogP contribution is 2.34. The van der Waals surface area contributed by atoms with Gasteiger partial charge in [0.2, 0.25) is 15.9 Å². The van der Waals surface area contributed by atoms with Gasteiger partial charge < -0.3 is 15.0 Å². The van der Waals surface area contributed by atoms with E-state index in [1.807, 2.05) is 49.9 Å². The van der Waals surface area contributed by atoms with Gasteiger partial charge in [-0.15, -0.1) is 0 Å². The van der Waals surface area contributed by atoms with Crippen LogP contribution in [0.3, 0.4) is 0 Å². The van der Waals surface area contributed by atoms with Crippen LogP contribution in [-0.2, 0) is 26.0 Å². The number of carbonyl (C=O) groups excluding carboxylic acids is 2. The highest BCUT2D eigenvalue weighted by molar-refractivity contribution is 7.89. The Kier molecular flexibility index (Phi) is 8.31. The Morgan fingerprint density at radius 3 is 2.17 bits per heavy atom. The van der Waals surface area contributed by atoms with Crippen molar-refractivity contribution < 1.29 is 22.7 Å². The molecule has 1 saturated carbocycles. The van der Waals surface area contributed by atoms with E-state index in [9.17, 15) is 18.0 Å². The zero-order valence-electron chi connectivity index (χ0n) is 23.7. The minimum absolute atomic E-state index is 0.0330. The molecule has 2 N–H and O–H groups in total. The summed E-state index contributed by atoms with van der Waals surface area (Å²) in [4.78, 5) is 28.6. The van der Waals surface area contributed by atoms with Crippen LogP contribution < -0.4 is 14.9 Å². The van der Waals surface area contributed by atoms with Crippen LogP contribution in [0.25, 0.3) is 0 Å². The van der Waals surface area contributed by atoms with Gasteiger partial charge in [-0.3, -0.25) is 9.59 Å². The molecule has 3 aromatic carbocycles. The number of anilines is 2. The molecule has 3 aromatic rings. The molecule has 1 aliphatic heterocycles. The van der Waals surface area contributed by atoms with Gasteiger partial charge in [0.1, 0.15) is 0 Å². The van der Waals surface area contributed by atoms with Crippen molar-refractivity contribution in [1.29, 1.82) is 0 Å². The zero-order chi connectivity index (χ0) is 29.2. The maximum Gasteiger partial charge on any atom is 0.258 e. The van der Waals surface area contributed by atoms with Gasteiger partial charge in [-0.25, -0.2) is 13.1 Å². The Labute approximate surface area is 242 Å². The Hall–Kier alpha value is -3.53. The average Bonchev–Trinajstić information content (AvgIpc) is 3.55. The van der Waals surface area contributed by atoms with E-state index >= 15 is 0 Å². The summed E-state index contributed by atoms with van der Waals surface area (Å²) in [5.41, 5.74) is 3.12. The average molecular weight is 576 g/mol. The molecule has 41 heavy (non-hydrogen) atoms. The van der Waals surface area contributed by atoms with Gasteiger partial charge in [-0.05, 0) is 101 Å². The highest BCUT2D eigenvalue weighted by atomic mass is 32.2. The summed E-state index contributed by atoms with van der Waals surface area (Å²) in [6, 6.07) is 21.2. The molecule has 1 heterocycles. The number of ether oxygens (including phenoxy) is 1. The summed E-state index contributed by atoms with van der Waals surface area (Å²) in [6.45, 7) is 6.79. The van der Waals surface area contributed by atoms with Crippen molar-refractivity contribution >= 4 is 33.2 Å². The highest BCUT2D eigenvalue weighted by Gasteiger charge is 2.42. The zero-order valence-corrected chi connectivity index (χ0v) is 24.5. The second kappa shape index (κ2) is 11.8. The van der Waals surface area contributed by atoms with Crippen molar-refractivity contribution in [3.63, 3.8) is 0 Å². The maximum absolute atomic E-state index is 13.9. The van der Waals surface area contributed by atoms with E-state index in [-0.39, 0.29) is 35.3 Å². The number of amides is 2. The van der Waals surface area contributed by atoms with E-state index in [1.54, 1.807) is 36.4 Å². The summed E-state index contributed by atoms with van der Waals surface area (Å²) >= 11 is 0. The maximum atomic E-state index is 13.9. The fourth-order valence-electron chi connectivity index (χ4n) is 5.18. The van der Waals surface area contributed by atoms with Gasteiger partial charge in [0.15, 0.2) is 0 Å². The fourth-order valence-corrected chi connectivity index (χ4v) is 6.48. The third-order valence-corrected chi connectivity index (χ3v) is 9.24. The first-order chi connectivity index (χ1) is 19.5. The van der Waals surface area contributed by atoms with Crippen LogP contribution in [0.4, 0.5) is 11.4 Å². The van der Waals surface area contributed by atoms with Gasteiger partial charge in [-0.2, -0.15) is 0 Å². The van der Waals surface area contributed by atoms with Crippen molar-refractivity contribution in [3.8, 4) is 0 Å². The Balaban J connectivity index is 1.26. The minimum Gasteiger partial charge on any atom is -0.376 e. The molecule has 1 aliphatic carbocycles. The number of nitrogens with zero attached hydrogens (tertiary/aromatic N) is 1. The van der Waals surface area contributed by atoms with Crippen molar-refractivity contribution in [2.45, 2.75) is 75.5 Å². The molecule has 1 unspecified atom stereocenters. The van der Waals surface area contributed by atoms with E-state index in [0.717, 1.165) is 36.9 Å². The van der Waals surface area contributed by atoms with Crippen LogP contribution in [0.2, 0.25) is 0 Å². The number of hydrogen-bond donors (Lipinski definition) is 2. The van der Waals surface area contributed by atoms with E-state index in [4.69, 9.17) is 4.74 Å². The third kappa shape index (κ3) is 6.86. The van der Waals surface area contributed by atoms with Crippen LogP contribution in [-0.4, -0.2) is 44.5 Å². The quantitative estimate of drug-likeness (QED) is 0.345. The van der Waals surface area contributed by atoms with Crippen molar-refractivity contribution in [3.05, 3.63) is 89.5 Å². The van der Waals surface area contributed by atoms with E-state index in [2.05, 4.69) is 10.0 Å². The SMILES string of the molecule is Cc1ccc(N(C(=O)c2ccc(NC(=O)Cc3ccc(S(=O)(=O)NC4CC4)cc3)cc2)C(C)(C)C2CCCO2)cc1. The van der Waals surface area contributed by atoms with E-state index in [1.165, 1.54) is 12.1 Å². The molecule has 1 atom stereocenters. The lowest BCUT2D eigenvalue weighted by atomic mass is 9.91. The summed E-state index contributed by atoms with van der Waals surface area (Å²) in [6.07, 6.45) is 3.61. The molecule has 0 spiro atoms. The predicted molar refractivity (Wildman–Crippen MR) is 160 cm³/mol. The lowest BCUT2D eigenvalue weighted by molar-refractivity contribution is -0.115. The standard InChI is InChI=1S/C32H37N3O5S/c1-22-6-16-27(17-7-22)35(32(2,3)29-5-4-20-40-29)31(37)24-10-12-25(13-11-24)33-30(36)21-23-8-18-28(19-9-23)41(38,39)34-26-14-15-26/h6-13,16-19,26,29,34H,4-5,14-15,20-21H2,1-3H3,(H,33,36). The smallest absolute Gasteiger partial charge is 0.258 e. The van der Waals surface area contributed by atoms with Crippen LogP contribution in [0.5, 0.6) is 0 Å². The molecule has 2 amide bonds. The molecular weight excluding hydrogens is 538 g/mol. The first-order valence-corrected chi connectivity index (χ1v) is 15.6. The molecule has 9 heteroatoms. The predicted octanol–water partition coefficient (Wildman–Crippen LogP) is 5.22. The molecule has 5 rings (SSSR count). The number of carbonyl (C=O) groups is 2. The molecule has 0 radical (unpaired) electrons. The summed E-state index contributed by atoms with van der Waals surface area (Å²) in [5, 5.41) is 2.86. The van der Waals surface area contributed by atoms with Crippen LogP contribution >= 0.6 is 0 Å². The fraction of sp³-hybridized carbons (Fsp3) is 0.375. The molecule has 8 nitrogen and oxygen atoms in total. The number of hydrogen-bond acceptors (Lipinski definition) is 5. The molecule has 0 aromatic heterocycles. The van der Waals surface area contributed by atoms with Crippen LogP contribution in [0.15, 0.2) is 77.7 Å². The molecule has 1 saturated heterocycles. The molecule has 2 fully saturated rings. The molecule has 2 aliphatic rings. The van der Waals surface area contributed by atoms with E-state index < -0.39 is 15.6 Å². The Bertz CT molecular complexity index is 1490. The summed E-state index contributed by atoms with van der Waals surface area (Å²) in [5.74, 6) is -0.380. The van der Waals surface area contributed by atoms with Crippen molar-refractivity contribution in [2.24, 2.45) is 0 Å². The summed E-state index contributed by atoms with van der Waals surface area (Å²) < 4.78 is 33.4. The lowest BCUT2D eigenvalue weighted by Crippen LogP contribution is -2.55. The normalized spacial score (nSPS) is 17.3. The number of sulfonamides is 1. The number of nitrogens with one attached hydrogen (secondary N) is 2. The summed E-state index contributed by atoms with van der Waals surface area (Å²) in [7, 11) is -3.53. The number of aryl methyl sites for hydroxylation is 1. The van der Waals surface area contributed by atoms with Gasteiger partial charge >= 0.3 is 0 Å². The van der Waals surface area contributed by atoms with Crippen LogP contribution in [0, 0.1) is 6.92 Å².